The van der Waals surface area contributed by atoms with Crippen molar-refractivity contribution in [2.24, 2.45) is 0 Å². The van der Waals surface area contributed by atoms with E-state index in [1.165, 1.54) is 40.3 Å². The quantitative estimate of drug-likeness (QED) is 0.504. The van der Waals surface area contributed by atoms with Crippen molar-refractivity contribution in [3.05, 3.63) is 35.4 Å². The van der Waals surface area contributed by atoms with Crippen LogP contribution in [0.3, 0.4) is 0 Å². The second-order valence-electron chi connectivity index (χ2n) is 5.87. The normalized spacial score (nSPS) is 12.8. The van der Waals surface area contributed by atoms with Gasteiger partial charge in [0.05, 0.1) is 11.3 Å². The second kappa shape index (κ2) is 9.55. The molecule has 2 rings (SSSR count). The van der Waals surface area contributed by atoms with Gasteiger partial charge in [0.25, 0.3) is 0 Å². The van der Waals surface area contributed by atoms with E-state index in [-0.39, 0.29) is 16.9 Å². The van der Waals surface area contributed by atoms with Gasteiger partial charge >= 0.3 is 6.18 Å². The predicted molar refractivity (Wildman–Crippen MR) is 105 cm³/mol. The molecule has 0 spiro atoms. The number of alkyl halides is 3. The second-order valence-corrected chi connectivity index (χ2v) is 8.12. The fraction of sp³-hybridized carbons (Fsp3) is 0.471. The van der Waals surface area contributed by atoms with Gasteiger partial charge in [0.1, 0.15) is 0 Å². The van der Waals surface area contributed by atoms with Crippen LogP contribution in [0.2, 0.25) is 0 Å². The minimum Gasteiger partial charge on any atom is -0.343 e. The van der Waals surface area contributed by atoms with Crippen molar-refractivity contribution >= 4 is 29.4 Å². The van der Waals surface area contributed by atoms with E-state index in [0.717, 1.165) is 12.1 Å². The van der Waals surface area contributed by atoms with Crippen molar-refractivity contribution in [3.8, 4) is 0 Å². The molecule has 0 saturated heterocycles. The van der Waals surface area contributed by atoms with Crippen LogP contribution in [0.5, 0.6) is 0 Å². The number of thioether (sulfide) groups is 2. The molecule has 1 aromatic heterocycles. The van der Waals surface area contributed by atoms with Gasteiger partial charge in [-0.2, -0.15) is 13.2 Å². The lowest BCUT2D eigenvalue weighted by Gasteiger charge is -2.17. The molecule has 28 heavy (non-hydrogen) atoms. The summed E-state index contributed by atoms with van der Waals surface area (Å²) >= 11 is 2.48. The Bertz CT molecular complexity index is 791. The molecule has 2 N–H and O–H groups in total. The van der Waals surface area contributed by atoms with Crippen LogP contribution in [0.25, 0.3) is 0 Å². The first kappa shape index (κ1) is 22.4. The highest BCUT2D eigenvalue weighted by atomic mass is 32.2. The first-order valence-electron chi connectivity index (χ1n) is 8.62. The van der Waals surface area contributed by atoms with Gasteiger partial charge in [0.15, 0.2) is 0 Å². The van der Waals surface area contributed by atoms with E-state index in [1.807, 2.05) is 20.8 Å². The zero-order chi connectivity index (χ0) is 20.9. The summed E-state index contributed by atoms with van der Waals surface area (Å²) in [6.45, 7) is 6.94. The summed E-state index contributed by atoms with van der Waals surface area (Å²) in [6, 6.07) is 4.99. The number of carbonyl (C=O) groups excluding carboxylic acids is 1. The highest BCUT2D eigenvalue weighted by Crippen LogP contribution is 2.36. The summed E-state index contributed by atoms with van der Waals surface area (Å²) in [4.78, 5) is 13.8. The SMILES string of the molecule is CCN(CC)C(=O)CSc1nnc(SC(C)c2ccc(C(F)(F)F)cc2)n1N. The minimum absolute atomic E-state index is 0.00896. The third kappa shape index (κ3) is 5.57. The summed E-state index contributed by atoms with van der Waals surface area (Å²) in [5, 5.41) is 8.68. The molecule has 0 aliphatic carbocycles. The van der Waals surface area contributed by atoms with Gasteiger partial charge in [-0.1, -0.05) is 35.7 Å². The van der Waals surface area contributed by atoms with Crippen molar-refractivity contribution in [1.29, 1.82) is 0 Å². The van der Waals surface area contributed by atoms with Crippen LogP contribution in [0.15, 0.2) is 34.6 Å². The number of carbonyl (C=O) groups is 1. The van der Waals surface area contributed by atoms with E-state index < -0.39 is 11.7 Å². The van der Waals surface area contributed by atoms with Crippen molar-refractivity contribution in [3.63, 3.8) is 0 Å². The molecule has 1 amide bonds. The number of amides is 1. The molecule has 2 aromatic rings. The van der Waals surface area contributed by atoms with E-state index in [2.05, 4.69) is 10.2 Å². The lowest BCUT2D eigenvalue weighted by molar-refractivity contribution is -0.137. The zero-order valence-electron chi connectivity index (χ0n) is 15.7. The van der Waals surface area contributed by atoms with Gasteiger partial charge in [-0.25, -0.2) is 4.68 Å². The maximum Gasteiger partial charge on any atom is 0.416 e. The number of nitrogens with zero attached hydrogens (tertiary/aromatic N) is 4. The van der Waals surface area contributed by atoms with Crippen LogP contribution in [-0.2, 0) is 11.0 Å². The molecule has 1 unspecified atom stereocenters. The van der Waals surface area contributed by atoms with Crippen LogP contribution in [0.1, 0.15) is 37.1 Å². The standard InChI is InChI=1S/C17H22F3N5OS2/c1-4-24(5-2)14(26)10-27-15-22-23-16(25(15)21)28-11(3)12-6-8-13(9-7-12)17(18,19)20/h6-9,11H,4-5,10,21H2,1-3H3. The third-order valence-corrected chi connectivity index (χ3v) is 6.11. The number of benzene rings is 1. The average molecular weight is 434 g/mol. The zero-order valence-corrected chi connectivity index (χ0v) is 17.4. The molecule has 1 aromatic carbocycles. The smallest absolute Gasteiger partial charge is 0.343 e. The molecule has 0 aliphatic heterocycles. The number of nitrogen functional groups attached to an aromatic ring is 1. The molecule has 0 radical (unpaired) electrons. The lowest BCUT2D eigenvalue weighted by Crippen LogP contribution is -2.32. The summed E-state index contributed by atoms with van der Waals surface area (Å²) in [7, 11) is 0. The third-order valence-electron chi connectivity index (χ3n) is 4.06. The number of halogens is 3. The van der Waals surface area contributed by atoms with Gasteiger partial charge < -0.3 is 10.7 Å². The summed E-state index contributed by atoms with van der Waals surface area (Å²) in [6.07, 6.45) is -4.36. The Morgan fingerprint density at radius 3 is 2.29 bits per heavy atom. The Balaban J connectivity index is 2.00. The summed E-state index contributed by atoms with van der Waals surface area (Å²) in [5.74, 6) is 6.21. The molecule has 154 valence electrons. The molecular formula is C17H22F3N5OS2. The largest absolute Gasteiger partial charge is 0.416 e. The molecule has 1 heterocycles. The van der Waals surface area contributed by atoms with Crippen LogP contribution in [0.4, 0.5) is 13.2 Å². The first-order valence-corrected chi connectivity index (χ1v) is 10.5. The van der Waals surface area contributed by atoms with Crippen molar-refractivity contribution < 1.29 is 18.0 Å². The Hall–Kier alpha value is -1.88. The highest BCUT2D eigenvalue weighted by molar-refractivity contribution is 8.00. The molecule has 0 saturated carbocycles. The van der Waals surface area contributed by atoms with E-state index in [1.54, 1.807) is 4.90 Å². The fourth-order valence-corrected chi connectivity index (χ4v) is 4.12. The van der Waals surface area contributed by atoms with Crippen LogP contribution >= 0.6 is 23.5 Å². The summed E-state index contributed by atoms with van der Waals surface area (Å²) < 4.78 is 39.3. The Morgan fingerprint density at radius 1 is 1.18 bits per heavy atom. The predicted octanol–water partition coefficient (Wildman–Crippen LogP) is 3.82. The monoisotopic (exact) mass is 433 g/mol. The van der Waals surface area contributed by atoms with Gasteiger partial charge in [-0.3, -0.25) is 4.79 Å². The lowest BCUT2D eigenvalue weighted by atomic mass is 10.1. The van der Waals surface area contributed by atoms with Crippen molar-refractivity contribution in [2.75, 3.05) is 24.7 Å². The topological polar surface area (TPSA) is 77.0 Å². The number of rotatable bonds is 8. The number of nitrogens with two attached hydrogens (primary N) is 1. The number of hydrogen-bond donors (Lipinski definition) is 1. The Morgan fingerprint density at radius 2 is 1.75 bits per heavy atom. The molecule has 6 nitrogen and oxygen atoms in total. The minimum atomic E-state index is -4.36. The van der Waals surface area contributed by atoms with Crippen molar-refractivity contribution in [2.45, 2.75) is 42.5 Å². The Kier molecular flexibility index (Phi) is 7.64. The molecule has 11 heteroatoms. The van der Waals surface area contributed by atoms with E-state index in [4.69, 9.17) is 5.84 Å². The molecule has 0 bridgehead atoms. The molecule has 0 fully saturated rings. The highest BCUT2D eigenvalue weighted by Gasteiger charge is 2.30. The maximum atomic E-state index is 12.7. The first-order chi connectivity index (χ1) is 13.2. The summed E-state index contributed by atoms with van der Waals surface area (Å²) in [5.41, 5.74) is 0.0268. The van der Waals surface area contributed by atoms with Crippen molar-refractivity contribution in [1.82, 2.24) is 19.8 Å². The van der Waals surface area contributed by atoms with Gasteiger partial charge in [-0.05, 0) is 38.5 Å². The van der Waals surface area contributed by atoms with E-state index in [0.29, 0.717) is 29.0 Å². The maximum absolute atomic E-state index is 12.7. The molecular weight excluding hydrogens is 411 g/mol. The fourth-order valence-electron chi connectivity index (χ4n) is 2.41. The van der Waals surface area contributed by atoms with Gasteiger partial charge in [0, 0.05) is 18.3 Å². The van der Waals surface area contributed by atoms with E-state index >= 15 is 0 Å². The molecule has 0 aliphatic rings. The van der Waals surface area contributed by atoms with Crippen LogP contribution in [-0.4, -0.2) is 44.5 Å². The average Bonchev–Trinajstić information content (AvgIpc) is 3.00. The van der Waals surface area contributed by atoms with Gasteiger partial charge in [0.2, 0.25) is 16.2 Å². The Labute approximate surface area is 170 Å². The van der Waals surface area contributed by atoms with Gasteiger partial charge in [-0.15, -0.1) is 10.2 Å². The molecule has 1 atom stereocenters. The van der Waals surface area contributed by atoms with Crippen LogP contribution < -0.4 is 5.84 Å². The number of hydrogen-bond acceptors (Lipinski definition) is 6. The van der Waals surface area contributed by atoms with E-state index in [9.17, 15) is 18.0 Å². The number of aromatic nitrogens is 3. The van der Waals surface area contributed by atoms with Crippen LogP contribution in [0, 0.1) is 0 Å².